The quantitative estimate of drug-likeness (QED) is 0.736. The van der Waals surface area contributed by atoms with E-state index in [1.807, 2.05) is 12.1 Å². The second kappa shape index (κ2) is 3.73. The highest BCUT2D eigenvalue weighted by Gasteiger charge is 2.18. The molecule has 0 bridgehead atoms. The summed E-state index contributed by atoms with van der Waals surface area (Å²) in [6.07, 6.45) is 2.10. The van der Waals surface area contributed by atoms with Gasteiger partial charge in [0.2, 0.25) is 0 Å². The Hall–Kier alpha value is -0.830. The van der Waals surface area contributed by atoms with Crippen LogP contribution in [0.4, 0.5) is 5.69 Å². The number of rotatable bonds is 2. The van der Waals surface area contributed by atoms with Crippen LogP contribution < -0.4 is 0 Å². The Morgan fingerprint density at radius 1 is 1.29 bits per heavy atom. The van der Waals surface area contributed by atoms with Gasteiger partial charge in [-0.05, 0) is 30.5 Å². The lowest BCUT2D eigenvalue weighted by molar-refractivity contribution is 0.663. The Kier molecular flexibility index (Phi) is 2.59. The van der Waals surface area contributed by atoms with Gasteiger partial charge in [-0.15, -0.1) is 0 Å². The van der Waals surface area contributed by atoms with Gasteiger partial charge in [-0.1, -0.05) is 19.1 Å². The molecule has 1 aliphatic rings. The topological polar surface area (TPSA) is 29.4 Å². The van der Waals surface area contributed by atoms with Gasteiger partial charge in [0.05, 0.1) is 15.4 Å². The lowest BCUT2D eigenvalue weighted by atomic mass is 10.2. The molecule has 0 aromatic heterocycles. The predicted octanol–water partition coefficient (Wildman–Crippen LogP) is 2.75. The van der Waals surface area contributed by atoms with Crippen molar-refractivity contribution in [3.63, 3.8) is 0 Å². The maximum Gasteiger partial charge on any atom is 0.0730 e. The van der Waals surface area contributed by atoms with Crippen LogP contribution in [0.5, 0.6) is 0 Å². The normalized spacial score (nSPS) is 18.6. The van der Waals surface area contributed by atoms with Crippen LogP contribution in [0.3, 0.4) is 0 Å². The SMILES string of the molecule is CCc1ccc(N=S2(=O)CCC2)cc1. The van der Waals surface area contributed by atoms with Crippen molar-refractivity contribution in [2.75, 3.05) is 11.5 Å². The van der Waals surface area contributed by atoms with E-state index in [2.05, 4.69) is 23.4 Å². The van der Waals surface area contributed by atoms with Crippen LogP contribution in [0.2, 0.25) is 0 Å². The molecule has 1 aromatic rings. The average Bonchev–Trinajstić information content (AvgIpc) is 2.17. The zero-order valence-corrected chi connectivity index (χ0v) is 9.22. The molecule has 1 aromatic carbocycles. The molecular weight excluding hydrogens is 194 g/mol. The summed E-state index contributed by atoms with van der Waals surface area (Å²) in [4.78, 5) is 0. The molecule has 0 saturated carbocycles. The lowest BCUT2D eigenvalue weighted by Crippen LogP contribution is -2.22. The summed E-state index contributed by atoms with van der Waals surface area (Å²) in [7, 11) is -1.84. The van der Waals surface area contributed by atoms with Gasteiger partial charge >= 0.3 is 0 Å². The summed E-state index contributed by atoms with van der Waals surface area (Å²) in [6, 6.07) is 8.04. The number of hydrogen-bond acceptors (Lipinski definition) is 2. The minimum Gasteiger partial charge on any atom is -0.249 e. The summed E-state index contributed by atoms with van der Waals surface area (Å²) >= 11 is 0. The smallest absolute Gasteiger partial charge is 0.0730 e. The van der Waals surface area contributed by atoms with Crippen molar-refractivity contribution in [3.05, 3.63) is 29.8 Å². The number of nitrogens with zero attached hydrogens (tertiary/aromatic N) is 1. The summed E-state index contributed by atoms with van der Waals surface area (Å²) in [6.45, 7) is 2.12. The number of aryl methyl sites for hydroxylation is 1. The highest BCUT2D eigenvalue weighted by atomic mass is 32.2. The predicted molar refractivity (Wildman–Crippen MR) is 60.4 cm³/mol. The van der Waals surface area contributed by atoms with Gasteiger partial charge < -0.3 is 0 Å². The molecule has 0 radical (unpaired) electrons. The first-order valence-electron chi connectivity index (χ1n) is 5.03. The molecule has 2 rings (SSSR count). The summed E-state index contributed by atoms with van der Waals surface area (Å²) in [5, 5.41) is 0. The van der Waals surface area contributed by atoms with E-state index in [9.17, 15) is 4.21 Å². The average molecular weight is 209 g/mol. The van der Waals surface area contributed by atoms with Crippen LogP contribution >= 0.6 is 0 Å². The van der Waals surface area contributed by atoms with E-state index in [4.69, 9.17) is 0 Å². The van der Waals surface area contributed by atoms with Gasteiger partial charge in [0.15, 0.2) is 0 Å². The first-order chi connectivity index (χ1) is 6.72. The zero-order valence-electron chi connectivity index (χ0n) is 8.40. The molecule has 2 nitrogen and oxygen atoms in total. The first kappa shape index (κ1) is 9.71. The van der Waals surface area contributed by atoms with Gasteiger partial charge in [-0.25, -0.2) is 4.21 Å². The van der Waals surface area contributed by atoms with Crippen molar-refractivity contribution < 1.29 is 4.21 Å². The van der Waals surface area contributed by atoms with Gasteiger partial charge in [0.25, 0.3) is 0 Å². The monoisotopic (exact) mass is 209 g/mol. The van der Waals surface area contributed by atoms with Crippen LogP contribution in [0, 0.1) is 0 Å². The van der Waals surface area contributed by atoms with Crippen molar-refractivity contribution >= 4 is 15.4 Å². The van der Waals surface area contributed by atoms with E-state index in [0.29, 0.717) is 0 Å². The van der Waals surface area contributed by atoms with Crippen LogP contribution in [0.1, 0.15) is 18.9 Å². The molecule has 0 N–H and O–H groups in total. The third-order valence-corrected chi connectivity index (χ3v) is 4.94. The van der Waals surface area contributed by atoms with E-state index in [1.54, 1.807) is 0 Å². The Balaban J connectivity index is 2.26. The fourth-order valence-corrected chi connectivity index (χ4v) is 2.94. The van der Waals surface area contributed by atoms with Gasteiger partial charge in [-0.2, -0.15) is 4.36 Å². The molecule has 0 aliphatic carbocycles. The summed E-state index contributed by atoms with van der Waals surface area (Å²) < 4.78 is 16.1. The zero-order chi connectivity index (χ0) is 10.0. The molecule has 1 saturated heterocycles. The maximum atomic E-state index is 11.8. The van der Waals surface area contributed by atoms with Crippen LogP contribution in [-0.4, -0.2) is 15.7 Å². The molecule has 76 valence electrons. The Labute approximate surface area is 85.5 Å². The molecule has 14 heavy (non-hydrogen) atoms. The van der Waals surface area contributed by atoms with E-state index in [1.165, 1.54) is 5.56 Å². The largest absolute Gasteiger partial charge is 0.249 e. The minimum atomic E-state index is -1.84. The lowest BCUT2D eigenvalue weighted by Gasteiger charge is -2.17. The van der Waals surface area contributed by atoms with E-state index in [-0.39, 0.29) is 0 Å². The number of hydrogen-bond donors (Lipinski definition) is 0. The Bertz CT molecular complexity index is 417. The Morgan fingerprint density at radius 3 is 2.36 bits per heavy atom. The van der Waals surface area contributed by atoms with Crippen molar-refractivity contribution in [1.82, 2.24) is 0 Å². The highest BCUT2D eigenvalue weighted by Crippen LogP contribution is 2.21. The van der Waals surface area contributed by atoms with Gasteiger partial charge in [0, 0.05) is 11.5 Å². The molecule has 0 unspecified atom stereocenters. The van der Waals surface area contributed by atoms with Gasteiger partial charge in [-0.3, -0.25) is 0 Å². The fourth-order valence-electron chi connectivity index (χ4n) is 1.47. The minimum absolute atomic E-state index is 0.780. The van der Waals surface area contributed by atoms with Crippen molar-refractivity contribution in [1.29, 1.82) is 0 Å². The molecule has 0 amide bonds. The van der Waals surface area contributed by atoms with E-state index in [0.717, 1.165) is 30.0 Å². The second-order valence-electron chi connectivity index (χ2n) is 3.65. The molecule has 1 heterocycles. The highest BCUT2D eigenvalue weighted by molar-refractivity contribution is 7.95. The third-order valence-electron chi connectivity index (χ3n) is 2.54. The summed E-state index contributed by atoms with van der Waals surface area (Å²) in [5.74, 6) is 1.56. The van der Waals surface area contributed by atoms with Crippen molar-refractivity contribution in [2.45, 2.75) is 19.8 Å². The van der Waals surface area contributed by atoms with Crippen LogP contribution in [0.25, 0.3) is 0 Å². The van der Waals surface area contributed by atoms with Crippen LogP contribution in [0.15, 0.2) is 28.6 Å². The van der Waals surface area contributed by atoms with Crippen LogP contribution in [-0.2, 0) is 16.1 Å². The molecule has 1 aliphatic heterocycles. The van der Waals surface area contributed by atoms with E-state index < -0.39 is 9.73 Å². The molecule has 0 spiro atoms. The molecule has 0 atom stereocenters. The van der Waals surface area contributed by atoms with Gasteiger partial charge in [0.1, 0.15) is 0 Å². The molecular formula is C11H15NOS. The Morgan fingerprint density at radius 2 is 1.93 bits per heavy atom. The summed E-state index contributed by atoms with van der Waals surface area (Å²) in [5.41, 5.74) is 2.17. The standard InChI is InChI=1S/C11H15NOS/c1-2-10-4-6-11(7-5-10)12-14(13)8-3-9-14/h4-7H,2-3,8-9H2,1H3. The maximum absolute atomic E-state index is 11.8. The third kappa shape index (κ3) is 1.98. The fraction of sp³-hybridized carbons (Fsp3) is 0.455. The number of benzene rings is 1. The molecule has 1 fully saturated rings. The first-order valence-corrected chi connectivity index (χ1v) is 6.89. The second-order valence-corrected chi connectivity index (χ2v) is 6.19. The van der Waals surface area contributed by atoms with E-state index >= 15 is 0 Å². The van der Waals surface area contributed by atoms with Crippen molar-refractivity contribution in [3.8, 4) is 0 Å². The molecule has 3 heteroatoms. The van der Waals surface area contributed by atoms with Crippen molar-refractivity contribution in [2.24, 2.45) is 4.36 Å².